The predicted octanol–water partition coefficient (Wildman–Crippen LogP) is 5.63. The van der Waals surface area contributed by atoms with Crippen LogP contribution in [-0.4, -0.2) is 6.54 Å². The van der Waals surface area contributed by atoms with Crippen molar-refractivity contribution in [3.8, 4) is 0 Å². The van der Waals surface area contributed by atoms with Crippen molar-refractivity contribution >= 4 is 46.4 Å². The van der Waals surface area contributed by atoms with Crippen LogP contribution in [-0.2, 0) is 13.0 Å². The van der Waals surface area contributed by atoms with Crippen molar-refractivity contribution < 1.29 is 0 Å². The summed E-state index contributed by atoms with van der Waals surface area (Å²) in [5.41, 5.74) is 2.06. The smallest absolute Gasteiger partial charge is 0.0652 e. The quantitative estimate of drug-likeness (QED) is 0.545. The lowest BCUT2D eigenvalue weighted by molar-refractivity contribution is 0.687. The van der Waals surface area contributed by atoms with E-state index >= 15 is 0 Å². The van der Waals surface area contributed by atoms with Gasteiger partial charge in [0.05, 0.1) is 10.0 Å². The lowest BCUT2D eigenvalue weighted by atomic mass is 10.1. The summed E-state index contributed by atoms with van der Waals surface area (Å²) in [4.78, 5) is 0. The molecule has 0 saturated carbocycles. The molecule has 5 heteroatoms. The fourth-order valence-electron chi connectivity index (χ4n) is 1.83. The molecule has 2 aromatic carbocycles. The molecule has 0 saturated heterocycles. The van der Waals surface area contributed by atoms with Gasteiger partial charge in [0.15, 0.2) is 0 Å². The molecule has 0 aromatic heterocycles. The van der Waals surface area contributed by atoms with Crippen molar-refractivity contribution in [2.75, 3.05) is 6.54 Å². The van der Waals surface area contributed by atoms with Crippen LogP contribution in [0.25, 0.3) is 0 Å². The second-order valence-electron chi connectivity index (χ2n) is 4.37. The summed E-state index contributed by atoms with van der Waals surface area (Å²) in [6.45, 7) is 1.41. The third-order valence-corrected chi connectivity index (χ3v) is 4.39. The van der Waals surface area contributed by atoms with Crippen molar-refractivity contribution in [2.45, 2.75) is 13.0 Å². The van der Waals surface area contributed by atoms with Gasteiger partial charge in [-0.05, 0) is 42.8 Å². The molecule has 0 aliphatic carbocycles. The van der Waals surface area contributed by atoms with Crippen molar-refractivity contribution in [1.82, 2.24) is 5.32 Å². The Morgan fingerprint density at radius 3 is 2.15 bits per heavy atom. The molecule has 1 nitrogen and oxygen atoms in total. The second kappa shape index (κ2) is 7.53. The molecule has 0 atom stereocenters. The first-order chi connectivity index (χ1) is 9.58. The van der Waals surface area contributed by atoms with E-state index in [1.165, 1.54) is 5.56 Å². The van der Waals surface area contributed by atoms with Crippen LogP contribution < -0.4 is 5.32 Å². The fraction of sp³-hybridized carbons (Fsp3) is 0.200. The van der Waals surface area contributed by atoms with E-state index in [1.807, 2.05) is 24.3 Å². The Kier molecular flexibility index (Phi) is 6.01. The third kappa shape index (κ3) is 4.28. The highest BCUT2D eigenvalue weighted by Crippen LogP contribution is 2.31. The molecule has 0 aliphatic heterocycles. The molecule has 0 radical (unpaired) electrons. The molecule has 2 rings (SSSR count). The summed E-state index contributed by atoms with van der Waals surface area (Å²) in [7, 11) is 0. The molecule has 0 bridgehead atoms. The Balaban J connectivity index is 1.87. The standard InChI is InChI=1S/C15H13Cl4N/c16-11-3-1-10(2-4-11)7-8-20-9-12-13(17)5-6-14(18)15(12)19/h1-6,20H,7-9H2. The molecule has 20 heavy (non-hydrogen) atoms. The maximum atomic E-state index is 6.14. The van der Waals surface area contributed by atoms with Gasteiger partial charge in [-0.2, -0.15) is 0 Å². The predicted molar refractivity (Wildman–Crippen MR) is 88.3 cm³/mol. The van der Waals surface area contributed by atoms with Gasteiger partial charge in [-0.3, -0.25) is 0 Å². The molecule has 0 fully saturated rings. The second-order valence-corrected chi connectivity index (χ2v) is 6.00. The first kappa shape index (κ1) is 15.9. The summed E-state index contributed by atoms with van der Waals surface area (Å²) < 4.78 is 0. The SMILES string of the molecule is Clc1ccc(CCNCc2c(Cl)ccc(Cl)c2Cl)cc1. The van der Waals surface area contributed by atoms with Crippen molar-refractivity contribution in [2.24, 2.45) is 0 Å². The van der Waals surface area contributed by atoms with E-state index < -0.39 is 0 Å². The number of hydrogen-bond acceptors (Lipinski definition) is 1. The topological polar surface area (TPSA) is 12.0 Å². The molecule has 0 heterocycles. The van der Waals surface area contributed by atoms with Gasteiger partial charge in [-0.25, -0.2) is 0 Å². The molecule has 0 amide bonds. The van der Waals surface area contributed by atoms with E-state index in [1.54, 1.807) is 12.1 Å². The number of benzene rings is 2. The van der Waals surface area contributed by atoms with Crippen LogP contribution >= 0.6 is 46.4 Å². The van der Waals surface area contributed by atoms with Gasteiger partial charge in [0.2, 0.25) is 0 Å². The summed E-state index contributed by atoms with van der Waals surface area (Å²) in [6, 6.07) is 11.3. The van der Waals surface area contributed by atoms with Gasteiger partial charge >= 0.3 is 0 Å². The molecular weight excluding hydrogens is 336 g/mol. The van der Waals surface area contributed by atoms with E-state index in [4.69, 9.17) is 46.4 Å². The number of rotatable bonds is 5. The minimum Gasteiger partial charge on any atom is -0.312 e. The van der Waals surface area contributed by atoms with Gasteiger partial charge < -0.3 is 5.32 Å². The molecule has 0 spiro atoms. The van der Waals surface area contributed by atoms with E-state index in [0.29, 0.717) is 21.6 Å². The molecule has 0 unspecified atom stereocenters. The highest BCUT2D eigenvalue weighted by Gasteiger charge is 2.08. The highest BCUT2D eigenvalue weighted by atomic mass is 35.5. The average molecular weight is 349 g/mol. The van der Waals surface area contributed by atoms with Gasteiger partial charge in [0.1, 0.15) is 0 Å². The van der Waals surface area contributed by atoms with Crippen LogP contribution in [0.4, 0.5) is 0 Å². The molecular formula is C15H13Cl4N. The van der Waals surface area contributed by atoms with Crippen molar-refractivity contribution in [3.63, 3.8) is 0 Å². The van der Waals surface area contributed by atoms with E-state index in [9.17, 15) is 0 Å². The summed E-state index contributed by atoms with van der Waals surface area (Å²) in [6.07, 6.45) is 0.910. The largest absolute Gasteiger partial charge is 0.312 e. The van der Waals surface area contributed by atoms with Crippen LogP contribution in [0.15, 0.2) is 36.4 Å². The van der Waals surface area contributed by atoms with Crippen molar-refractivity contribution in [3.05, 3.63) is 67.6 Å². The number of halogens is 4. The zero-order valence-corrected chi connectivity index (χ0v) is 13.6. The zero-order chi connectivity index (χ0) is 14.5. The van der Waals surface area contributed by atoms with Gasteiger partial charge in [0, 0.05) is 22.2 Å². The minimum atomic E-state index is 0.512. The Labute approximate surface area is 138 Å². The van der Waals surface area contributed by atoms with Gasteiger partial charge in [0.25, 0.3) is 0 Å². The average Bonchev–Trinajstić information content (AvgIpc) is 2.44. The van der Waals surface area contributed by atoms with Crippen LogP contribution in [0.5, 0.6) is 0 Å². The highest BCUT2D eigenvalue weighted by molar-refractivity contribution is 6.44. The molecule has 2 aromatic rings. The fourth-order valence-corrected chi connectivity index (χ4v) is 2.64. The van der Waals surface area contributed by atoms with E-state index in [-0.39, 0.29) is 0 Å². The van der Waals surface area contributed by atoms with Crippen LogP contribution in [0.3, 0.4) is 0 Å². The minimum absolute atomic E-state index is 0.512. The zero-order valence-electron chi connectivity index (χ0n) is 10.6. The van der Waals surface area contributed by atoms with Crippen LogP contribution in [0.2, 0.25) is 20.1 Å². The Bertz CT molecular complexity index is 581. The van der Waals surface area contributed by atoms with Crippen molar-refractivity contribution in [1.29, 1.82) is 0 Å². The van der Waals surface area contributed by atoms with Gasteiger partial charge in [-0.15, -0.1) is 0 Å². The van der Waals surface area contributed by atoms with Gasteiger partial charge in [-0.1, -0.05) is 58.5 Å². The lowest BCUT2D eigenvalue weighted by Gasteiger charge is -2.10. The molecule has 1 N–H and O–H groups in total. The Morgan fingerprint density at radius 1 is 0.800 bits per heavy atom. The lowest BCUT2D eigenvalue weighted by Crippen LogP contribution is -2.17. The maximum absolute atomic E-state index is 6.14. The molecule has 106 valence electrons. The summed E-state index contributed by atoms with van der Waals surface area (Å²) in [5, 5.41) is 5.72. The van der Waals surface area contributed by atoms with E-state index in [2.05, 4.69) is 5.32 Å². The summed E-state index contributed by atoms with van der Waals surface area (Å²) >= 11 is 24.1. The monoisotopic (exact) mass is 347 g/mol. The number of hydrogen-bond donors (Lipinski definition) is 1. The Morgan fingerprint density at radius 2 is 1.45 bits per heavy atom. The van der Waals surface area contributed by atoms with Crippen LogP contribution in [0.1, 0.15) is 11.1 Å². The normalized spacial score (nSPS) is 10.8. The third-order valence-electron chi connectivity index (χ3n) is 2.94. The van der Waals surface area contributed by atoms with Crippen LogP contribution in [0, 0.1) is 0 Å². The molecule has 0 aliphatic rings. The first-order valence-corrected chi connectivity index (χ1v) is 7.66. The first-order valence-electron chi connectivity index (χ1n) is 6.15. The summed E-state index contributed by atoms with van der Waals surface area (Å²) in [5.74, 6) is 0. The Hall–Kier alpha value is -0.440. The maximum Gasteiger partial charge on any atom is 0.0652 e. The number of nitrogens with one attached hydrogen (secondary N) is 1. The van der Waals surface area contributed by atoms with E-state index in [0.717, 1.165) is 23.6 Å².